The van der Waals surface area contributed by atoms with Gasteiger partial charge in [0.2, 0.25) is 0 Å². The predicted molar refractivity (Wildman–Crippen MR) is 129 cm³/mol. The monoisotopic (exact) mass is 449 g/mol. The molecule has 2 aliphatic heterocycles. The first kappa shape index (κ1) is 22.3. The van der Waals surface area contributed by atoms with E-state index in [9.17, 15) is 5.11 Å². The molecule has 0 aromatic carbocycles. The Balaban J connectivity index is 1.35. The number of aryl methyl sites for hydroxylation is 1. The van der Waals surface area contributed by atoms with Gasteiger partial charge < -0.3 is 9.84 Å². The van der Waals surface area contributed by atoms with Gasteiger partial charge in [-0.3, -0.25) is 19.4 Å². The van der Waals surface area contributed by atoms with E-state index in [1.165, 1.54) is 30.5 Å². The molecule has 1 saturated heterocycles. The van der Waals surface area contributed by atoms with Crippen LogP contribution >= 0.6 is 0 Å². The van der Waals surface area contributed by atoms with Gasteiger partial charge in [0.15, 0.2) is 5.88 Å². The van der Waals surface area contributed by atoms with Crippen LogP contribution in [0.15, 0.2) is 30.5 Å². The fraction of sp³-hybridized carbons (Fsp3) is 0.538. The molecule has 176 valence electrons. The maximum atomic E-state index is 10.3. The minimum Gasteiger partial charge on any atom is -0.477 e. The molecule has 1 fully saturated rings. The number of rotatable bonds is 8. The van der Waals surface area contributed by atoms with E-state index in [4.69, 9.17) is 14.7 Å². The van der Waals surface area contributed by atoms with Crippen LogP contribution in [0, 0.1) is 0 Å². The summed E-state index contributed by atoms with van der Waals surface area (Å²) in [5.74, 6) is 1.61. The summed E-state index contributed by atoms with van der Waals surface area (Å²) in [5, 5.41) is 10.3. The minimum absolute atomic E-state index is 0.0731. The van der Waals surface area contributed by atoms with E-state index in [2.05, 4.69) is 35.1 Å². The fourth-order valence-electron chi connectivity index (χ4n) is 5.37. The van der Waals surface area contributed by atoms with Crippen molar-refractivity contribution in [3.63, 3.8) is 0 Å². The topological polar surface area (TPSA) is 66.7 Å². The first-order chi connectivity index (χ1) is 16.2. The van der Waals surface area contributed by atoms with Crippen LogP contribution in [0.1, 0.15) is 66.6 Å². The lowest BCUT2D eigenvalue weighted by atomic mass is 9.91. The fourth-order valence-corrected chi connectivity index (χ4v) is 5.37. The van der Waals surface area contributed by atoms with E-state index < -0.39 is 0 Å². The van der Waals surface area contributed by atoms with Crippen molar-refractivity contribution in [2.45, 2.75) is 57.7 Å². The summed E-state index contributed by atoms with van der Waals surface area (Å²) in [4.78, 5) is 14.4. The van der Waals surface area contributed by atoms with Crippen molar-refractivity contribution in [1.82, 2.24) is 24.3 Å². The summed E-state index contributed by atoms with van der Waals surface area (Å²) in [6.45, 7) is 4.50. The molecule has 7 heteroatoms. The van der Waals surface area contributed by atoms with Crippen molar-refractivity contribution in [3.05, 3.63) is 59.0 Å². The maximum absolute atomic E-state index is 10.3. The Kier molecular flexibility index (Phi) is 6.90. The van der Waals surface area contributed by atoms with Crippen molar-refractivity contribution < 1.29 is 9.84 Å². The highest BCUT2D eigenvalue weighted by Crippen LogP contribution is 2.33. The third-order valence-electron chi connectivity index (χ3n) is 7.10. The molecule has 0 amide bonds. The Morgan fingerprint density at radius 2 is 2.12 bits per heavy atom. The van der Waals surface area contributed by atoms with Gasteiger partial charge in [0.1, 0.15) is 12.4 Å². The quantitative estimate of drug-likeness (QED) is 0.664. The van der Waals surface area contributed by atoms with Crippen molar-refractivity contribution in [2.75, 3.05) is 33.3 Å². The van der Waals surface area contributed by atoms with Gasteiger partial charge in [0.05, 0.1) is 29.7 Å². The number of likely N-dealkylation sites (tertiary alicyclic amines) is 1. The van der Waals surface area contributed by atoms with Crippen LogP contribution in [0.25, 0.3) is 12.0 Å². The molecule has 3 aliphatic rings. The lowest BCUT2D eigenvalue weighted by Gasteiger charge is -2.32. The molecule has 33 heavy (non-hydrogen) atoms. The molecule has 0 saturated carbocycles. The molecule has 2 aromatic rings. The molecular weight excluding hydrogens is 414 g/mol. The summed E-state index contributed by atoms with van der Waals surface area (Å²) in [6, 6.07) is 4.49. The molecular formula is C26H35N5O2. The smallest absolute Gasteiger partial charge is 0.195 e. The van der Waals surface area contributed by atoms with E-state index >= 15 is 0 Å². The highest BCUT2D eigenvalue weighted by Gasteiger charge is 2.27. The maximum Gasteiger partial charge on any atom is 0.195 e. The number of aromatic nitrogens is 3. The van der Waals surface area contributed by atoms with Gasteiger partial charge in [-0.2, -0.15) is 0 Å². The second-order valence-electron chi connectivity index (χ2n) is 9.31. The number of hydrogen-bond donors (Lipinski definition) is 1. The third kappa shape index (κ3) is 4.76. The van der Waals surface area contributed by atoms with Gasteiger partial charge >= 0.3 is 0 Å². The molecule has 2 aromatic heterocycles. The SMILES string of the molecule is CN(Cc1nc2n(c1CO)C(OCCN1CCCC1)=CCC=C2)[C@H]1CCCc2cccnc21. The van der Waals surface area contributed by atoms with E-state index in [1.54, 1.807) is 0 Å². The molecule has 1 aliphatic carbocycles. The zero-order valence-electron chi connectivity index (χ0n) is 19.6. The molecule has 5 rings (SSSR count). The van der Waals surface area contributed by atoms with Gasteiger partial charge in [-0.1, -0.05) is 12.1 Å². The molecule has 7 nitrogen and oxygen atoms in total. The normalized spacial score (nSPS) is 20.5. The summed E-state index contributed by atoms with van der Waals surface area (Å²) < 4.78 is 8.25. The summed E-state index contributed by atoms with van der Waals surface area (Å²) in [5.41, 5.74) is 4.25. The average Bonchev–Trinajstić information content (AvgIpc) is 3.43. The zero-order valence-corrected chi connectivity index (χ0v) is 19.6. The van der Waals surface area contributed by atoms with Crippen LogP contribution in [0.3, 0.4) is 0 Å². The highest BCUT2D eigenvalue weighted by atomic mass is 16.5. The van der Waals surface area contributed by atoms with Gasteiger partial charge in [0.25, 0.3) is 0 Å². The molecule has 1 N–H and O–H groups in total. The first-order valence-electron chi connectivity index (χ1n) is 12.3. The number of imidazole rings is 1. The van der Waals surface area contributed by atoms with Gasteiger partial charge in [-0.25, -0.2) is 4.98 Å². The van der Waals surface area contributed by atoms with E-state index in [0.29, 0.717) is 13.2 Å². The Labute approximate surface area is 196 Å². The number of pyridine rings is 1. The Hall–Kier alpha value is -2.48. The lowest BCUT2D eigenvalue weighted by molar-refractivity contribution is 0.196. The number of ether oxygens (including phenoxy) is 1. The van der Waals surface area contributed by atoms with Gasteiger partial charge in [-0.05, 0) is 82.4 Å². The molecule has 4 heterocycles. The third-order valence-corrected chi connectivity index (χ3v) is 7.10. The van der Waals surface area contributed by atoms with Crippen molar-refractivity contribution in [2.24, 2.45) is 0 Å². The van der Waals surface area contributed by atoms with Crippen molar-refractivity contribution in [1.29, 1.82) is 0 Å². The van der Waals surface area contributed by atoms with Crippen LogP contribution in [0.5, 0.6) is 0 Å². The highest BCUT2D eigenvalue weighted by molar-refractivity contribution is 5.55. The van der Waals surface area contributed by atoms with E-state index in [-0.39, 0.29) is 12.6 Å². The summed E-state index contributed by atoms with van der Waals surface area (Å²) >= 11 is 0. The van der Waals surface area contributed by atoms with Crippen LogP contribution in [0.4, 0.5) is 0 Å². The number of hydrogen-bond acceptors (Lipinski definition) is 6. The standard InChI is InChI=1S/C26H35N5O2/c1-29(22-10-6-8-20-9-7-13-27-26(20)22)18-21-23(19-32)31-24(28-21)11-2-3-12-25(31)33-17-16-30-14-4-5-15-30/h2,7,9,11-13,22,32H,3-6,8,10,14-19H2,1H3/t22-/m0/s1. The average molecular weight is 450 g/mol. The lowest BCUT2D eigenvalue weighted by Crippen LogP contribution is -2.29. The second-order valence-corrected chi connectivity index (χ2v) is 9.31. The van der Waals surface area contributed by atoms with E-state index in [1.807, 2.05) is 22.9 Å². The molecule has 1 atom stereocenters. The molecule has 0 spiro atoms. The Bertz CT molecular complexity index is 1020. The molecule has 0 radical (unpaired) electrons. The van der Waals surface area contributed by atoms with Crippen molar-refractivity contribution >= 4 is 12.0 Å². The number of aliphatic hydroxyl groups excluding tert-OH is 1. The first-order valence-corrected chi connectivity index (χ1v) is 12.3. The van der Waals surface area contributed by atoms with Crippen LogP contribution in [0.2, 0.25) is 0 Å². The number of aliphatic hydroxyl groups is 1. The van der Waals surface area contributed by atoms with Crippen LogP contribution < -0.4 is 0 Å². The summed E-state index contributed by atoms with van der Waals surface area (Å²) in [7, 11) is 2.14. The Morgan fingerprint density at radius 1 is 1.24 bits per heavy atom. The number of allylic oxidation sites excluding steroid dienone is 2. The second kappa shape index (κ2) is 10.2. The van der Waals surface area contributed by atoms with Gasteiger partial charge in [-0.15, -0.1) is 0 Å². The summed E-state index contributed by atoms with van der Waals surface area (Å²) in [6.07, 6.45) is 14.8. The molecule has 0 bridgehead atoms. The number of nitrogens with zero attached hydrogens (tertiary/aromatic N) is 5. The largest absolute Gasteiger partial charge is 0.477 e. The number of fused-ring (bicyclic) bond motifs is 2. The molecule has 0 unspecified atom stereocenters. The van der Waals surface area contributed by atoms with E-state index in [0.717, 1.165) is 62.0 Å². The van der Waals surface area contributed by atoms with Crippen molar-refractivity contribution in [3.8, 4) is 0 Å². The van der Waals surface area contributed by atoms with Crippen LogP contribution in [-0.4, -0.2) is 62.7 Å². The van der Waals surface area contributed by atoms with Gasteiger partial charge in [0, 0.05) is 19.3 Å². The minimum atomic E-state index is -0.0731. The van der Waals surface area contributed by atoms with Crippen LogP contribution in [-0.2, 0) is 24.3 Å². The Morgan fingerprint density at radius 3 is 2.97 bits per heavy atom. The predicted octanol–water partition coefficient (Wildman–Crippen LogP) is 3.61. The zero-order chi connectivity index (χ0) is 22.6.